The van der Waals surface area contributed by atoms with Crippen LogP contribution >= 0.6 is 0 Å². The van der Waals surface area contributed by atoms with Crippen LogP contribution in [0.15, 0.2) is 48.5 Å². The van der Waals surface area contributed by atoms with Gasteiger partial charge in [-0.2, -0.15) is 10.5 Å². The van der Waals surface area contributed by atoms with E-state index in [0.29, 0.717) is 11.1 Å². The highest BCUT2D eigenvalue weighted by Crippen LogP contribution is 2.36. The molecule has 0 fully saturated rings. The Bertz CT molecular complexity index is 967. The largest absolute Gasteiger partial charge is 0.397 e. The predicted octanol–water partition coefficient (Wildman–Crippen LogP) is 4.14. The fraction of sp³-hybridized carbons (Fsp3) is 0.0526. The van der Waals surface area contributed by atoms with E-state index in [2.05, 4.69) is 12.1 Å². The van der Waals surface area contributed by atoms with Crippen molar-refractivity contribution in [3.8, 4) is 23.3 Å². The molecule has 3 nitrogen and oxygen atoms in total. The van der Waals surface area contributed by atoms with Crippen LogP contribution in [0.4, 0.5) is 5.69 Å². The maximum absolute atomic E-state index is 9.54. The van der Waals surface area contributed by atoms with Gasteiger partial charge in [-0.15, -0.1) is 0 Å². The van der Waals surface area contributed by atoms with Gasteiger partial charge in [0, 0.05) is 5.56 Å². The van der Waals surface area contributed by atoms with Crippen LogP contribution in [0.1, 0.15) is 16.7 Å². The Balaban J connectivity index is 2.45. The molecule has 0 radical (unpaired) electrons. The molecule has 0 spiro atoms. The molecule has 0 bridgehead atoms. The molecule has 3 rings (SSSR count). The van der Waals surface area contributed by atoms with Crippen molar-refractivity contribution in [2.45, 2.75) is 6.92 Å². The number of anilines is 1. The third kappa shape index (κ3) is 1.97. The molecular formula is C19H13N3. The Morgan fingerprint density at radius 2 is 1.68 bits per heavy atom. The zero-order chi connectivity index (χ0) is 15.7. The summed E-state index contributed by atoms with van der Waals surface area (Å²) in [5.74, 6) is 0. The molecule has 0 aliphatic carbocycles. The number of fused-ring (bicyclic) bond motifs is 1. The Morgan fingerprint density at radius 1 is 0.955 bits per heavy atom. The van der Waals surface area contributed by atoms with Crippen molar-refractivity contribution in [3.05, 3.63) is 65.2 Å². The van der Waals surface area contributed by atoms with Crippen molar-refractivity contribution in [1.82, 2.24) is 0 Å². The van der Waals surface area contributed by atoms with Crippen LogP contribution in [0.2, 0.25) is 0 Å². The Kier molecular flexibility index (Phi) is 3.26. The van der Waals surface area contributed by atoms with E-state index in [-0.39, 0.29) is 5.69 Å². The summed E-state index contributed by atoms with van der Waals surface area (Å²) >= 11 is 0. The van der Waals surface area contributed by atoms with E-state index >= 15 is 0 Å². The van der Waals surface area contributed by atoms with Crippen LogP contribution in [0.25, 0.3) is 21.9 Å². The molecular weight excluding hydrogens is 270 g/mol. The number of nitrogen functional groups attached to an aromatic ring is 1. The van der Waals surface area contributed by atoms with Gasteiger partial charge in [-0.3, -0.25) is 0 Å². The van der Waals surface area contributed by atoms with E-state index in [1.54, 1.807) is 6.07 Å². The van der Waals surface area contributed by atoms with Gasteiger partial charge in [0.25, 0.3) is 0 Å². The summed E-state index contributed by atoms with van der Waals surface area (Å²) in [5.41, 5.74) is 9.61. The first-order valence-electron chi connectivity index (χ1n) is 6.88. The van der Waals surface area contributed by atoms with Crippen LogP contribution in [-0.4, -0.2) is 0 Å². The minimum atomic E-state index is 0.249. The maximum atomic E-state index is 9.54. The summed E-state index contributed by atoms with van der Waals surface area (Å²) in [6.07, 6.45) is 0. The molecule has 0 unspecified atom stereocenters. The average molecular weight is 283 g/mol. The van der Waals surface area contributed by atoms with Crippen molar-refractivity contribution < 1.29 is 0 Å². The van der Waals surface area contributed by atoms with Gasteiger partial charge in [-0.1, -0.05) is 42.5 Å². The van der Waals surface area contributed by atoms with E-state index < -0.39 is 0 Å². The number of nitriles is 2. The highest BCUT2D eigenvalue weighted by Gasteiger charge is 2.17. The fourth-order valence-corrected chi connectivity index (χ4v) is 2.83. The lowest BCUT2D eigenvalue weighted by Gasteiger charge is -2.14. The molecule has 3 aromatic rings. The van der Waals surface area contributed by atoms with E-state index in [4.69, 9.17) is 11.0 Å². The van der Waals surface area contributed by atoms with Crippen LogP contribution < -0.4 is 5.73 Å². The number of aryl methyl sites for hydroxylation is 1. The first kappa shape index (κ1) is 13.7. The fourth-order valence-electron chi connectivity index (χ4n) is 2.83. The molecule has 104 valence electrons. The van der Waals surface area contributed by atoms with Crippen molar-refractivity contribution in [2.24, 2.45) is 0 Å². The average Bonchev–Trinajstić information content (AvgIpc) is 2.55. The zero-order valence-electron chi connectivity index (χ0n) is 12.1. The second-order valence-corrected chi connectivity index (χ2v) is 5.16. The Labute approximate surface area is 128 Å². The molecule has 0 aliphatic rings. The van der Waals surface area contributed by atoms with Gasteiger partial charge < -0.3 is 5.73 Å². The standard InChI is InChI=1S/C19H13N3/c1-12-9-14(10-20)19(22)17(11-21)18(12)16-8-4-6-13-5-2-3-7-15(13)16/h2-9H,22H2,1H3. The smallest absolute Gasteiger partial charge is 0.102 e. The lowest BCUT2D eigenvalue weighted by atomic mass is 9.89. The summed E-state index contributed by atoms with van der Waals surface area (Å²) in [6.45, 7) is 1.90. The molecule has 0 saturated carbocycles. The topological polar surface area (TPSA) is 73.6 Å². The number of rotatable bonds is 1. The van der Waals surface area contributed by atoms with E-state index in [1.165, 1.54) is 0 Å². The number of hydrogen-bond acceptors (Lipinski definition) is 3. The number of nitrogens with two attached hydrogens (primary N) is 1. The highest BCUT2D eigenvalue weighted by molar-refractivity contribution is 6.00. The molecule has 0 amide bonds. The van der Waals surface area contributed by atoms with Crippen LogP contribution in [0.5, 0.6) is 0 Å². The third-order valence-corrected chi connectivity index (χ3v) is 3.86. The van der Waals surface area contributed by atoms with Gasteiger partial charge in [0.1, 0.15) is 12.1 Å². The Hall–Kier alpha value is -3.30. The molecule has 0 aromatic heterocycles. The summed E-state index contributed by atoms with van der Waals surface area (Å²) in [7, 11) is 0. The minimum absolute atomic E-state index is 0.249. The quantitative estimate of drug-likeness (QED) is 0.682. The van der Waals surface area contributed by atoms with Crippen molar-refractivity contribution >= 4 is 16.5 Å². The third-order valence-electron chi connectivity index (χ3n) is 3.86. The Morgan fingerprint density at radius 3 is 2.41 bits per heavy atom. The molecule has 2 N–H and O–H groups in total. The maximum Gasteiger partial charge on any atom is 0.102 e. The van der Waals surface area contributed by atoms with E-state index in [0.717, 1.165) is 27.5 Å². The summed E-state index contributed by atoms with van der Waals surface area (Å²) in [4.78, 5) is 0. The molecule has 0 aliphatic heterocycles. The molecule has 0 atom stereocenters. The monoisotopic (exact) mass is 283 g/mol. The lowest BCUT2D eigenvalue weighted by Crippen LogP contribution is -2.00. The molecule has 3 aromatic carbocycles. The predicted molar refractivity (Wildman–Crippen MR) is 88.0 cm³/mol. The van der Waals surface area contributed by atoms with Gasteiger partial charge in [-0.25, -0.2) is 0 Å². The van der Waals surface area contributed by atoms with Crippen molar-refractivity contribution in [1.29, 1.82) is 10.5 Å². The second kappa shape index (κ2) is 5.24. The number of benzene rings is 3. The first-order chi connectivity index (χ1) is 10.7. The normalized spacial score (nSPS) is 10.1. The molecule has 3 heteroatoms. The summed E-state index contributed by atoms with van der Waals surface area (Å²) in [5, 5.41) is 20.9. The van der Waals surface area contributed by atoms with Crippen LogP contribution in [0.3, 0.4) is 0 Å². The van der Waals surface area contributed by atoms with Gasteiger partial charge >= 0.3 is 0 Å². The lowest BCUT2D eigenvalue weighted by molar-refractivity contribution is 1.39. The molecule has 0 heterocycles. The highest BCUT2D eigenvalue weighted by atomic mass is 14.6. The van der Waals surface area contributed by atoms with Gasteiger partial charge in [0.05, 0.1) is 16.8 Å². The van der Waals surface area contributed by atoms with Crippen LogP contribution in [-0.2, 0) is 0 Å². The zero-order valence-corrected chi connectivity index (χ0v) is 12.1. The number of nitrogens with zero attached hydrogens (tertiary/aromatic N) is 2. The van der Waals surface area contributed by atoms with E-state index in [1.807, 2.05) is 49.4 Å². The SMILES string of the molecule is Cc1cc(C#N)c(N)c(C#N)c1-c1cccc2ccccc12. The van der Waals surface area contributed by atoms with E-state index in [9.17, 15) is 5.26 Å². The van der Waals surface area contributed by atoms with Gasteiger partial charge in [-0.05, 0) is 34.9 Å². The second-order valence-electron chi connectivity index (χ2n) is 5.16. The summed E-state index contributed by atoms with van der Waals surface area (Å²) < 4.78 is 0. The summed E-state index contributed by atoms with van der Waals surface area (Å²) in [6, 6.07) is 20.0. The van der Waals surface area contributed by atoms with Crippen molar-refractivity contribution in [3.63, 3.8) is 0 Å². The molecule has 0 saturated heterocycles. The minimum Gasteiger partial charge on any atom is -0.397 e. The van der Waals surface area contributed by atoms with Gasteiger partial charge in [0.2, 0.25) is 0 Å². The molecule has 22 heavy (non-hydrogen) atoms. The van der Waals surface area contributed by atoms with Gasteiger partial charge in [0.15, 0.2) is 0 Å². The van der Waals surface area contributed by atoms with Crippen molar-refractivity contribution in [2.75, 3.05) is 5.73 Å². The first-order valence-corrected chi connectivity index (χ1v) is 6.88. The number of hydrogen-bond donors (Lipinski definition) is 1. The van der Waals surface area contributed by atoms with Crippen LogP contribution in [0, 0.1) is 29.6 Å².